The molecule has 1 saturated carbocycles. The summed E-state index contributed by atoms with van der Waals surface area (Å²) in [5.74, 6) is 1.34. The van der Waals surface area contributed by atoms with Gasteiger partial charge in [-0.2, -0.15) is 0 Å². The van der Waals surface area contributed by atoms with Gasteiger partial charge in [0.15, 0.2) is 0 Å². The summed E-state index contributed by atoms with van der Waals surface area (Å²) < 4.78 is 13.1. The van der Waals surface area contributed by atoms with Crippen LogP contribution in [0.25, 0.3) is 11.4 Å². The monoisotopic (exact) mass is 216 g/mol. The van der Waals surface area contributed by atoms with Crippen molar-refractivity contribution in [2.24, 2.45) is 0 Å². The molecule has 0 aliphatic heterocycles. The average Bonchev–Trinajstić information content (AvgIpc) is 3.01. The van der Waals surface area contributed by atoms with E-state index in [0.717, 1.165) is 11.4 Å². The number of H-pyrrole nitrogens is 1. The third-order valence-electron chi connectivity index (χ3n) is 3.04. The van der Waals surface area contributed by atoms with E-state index in [2.05, 4.69) is 9.97 Å². The first kappa shape index (κ1) is 9.58. The number of rotatable bonds is 2. The summed E-state index contributed by atoms with van der Waals surface area (Å²) in [6, 6.07) is 5.08. The lowest BCUT2D eigenvalue weighted by molar-refractivity contribution is 0.618. The van der Waals surface area contributed by atoms with Gasteiger partial charge in [-0.1, -0.05) is 0 Å². The van der Waals surface area contributed by atoms with E-state index in [-0.39, 0.29) is 5.82 Å². The number of hydrogen-bond donors (Lipinski definition) is 1. The molecule has 82 valence electrons. The van der Waals surface area contributed by atoms with Gasteiger partial charge in [-0.05, 0) is 43.5 Å². The Labute approximate surface area is 93.5 Å². The molecule has 0 radical (unpaired) electrons. The van der Waals surface area contributed by atoms with E-state index in [1.54, 1.807) is 13.0 Å². The van der Waals surface area contributed by atoms with E-state index >= 15 is 0 Å². The van der Waals surface area contributed by atoms with Crippen molar-refractivity contribution < 1.29 is 4.39 Å². The maximum absolute atomic E-state index is 13.1. The van der Waals surface area contributed by atoms with E-state index in [0.29, 0.717) is 11.5 Å². The van der Waals surface area contributed by atoms with Crippen molar-refractivity contribution >= 4 is 0 Å². The topological polar surface area (TPSA) is 28.7 Å². The van der Waals surface area contributed by atoms with Crippen LogP contribution in [0, 0.1) is 12.7 Å². The molecule has 0 saturated heterocycles. The molecule has 16 heavy (non-hydrogen) atoms. The molecule has 2 aromatic rings. The molecule has 1 N–H and O–H groups in total. The van der Waals surface area contributed by atoms with Crippen molar-refractivity contribution in [2.75, 3.05) is 0 Å². The molecule has 1 aliphatic rings. The molecule has 0 bridgehead atoms. The fourth-order valence-electron chi connectivity index (χ4n) is 1.88. The summed E-state index contributed by atoms with van der Waals surface area (Å²) in [6.45, 7) is 1.77. The van der Waals surface area contributed by atoms with Crippen LogP contribution in [0.15, 0.2) is 24.4 Å². The van der Waals surface area contributed by atoms with Gasteiger partial charge >= 0.3 is 0 Å². The summed E-state index contributed by atoms with van der Waals surface area (Å²) in [5.41, 5.74) is 2.81. The van der Waals surface area contributed by atoms with Gasteiger partial charge in [-0.25, -0.2) is 9.37 Å². The second kappa shape index (κ2) is 3.44. The Kier molecular flexibility index (Phi) is 2.06. The van der Waals surface area contributed by atoms with Gasteiger partial charge in [0.1, 0.15) is 11.6 Å². The zero-order valence-corrected chi connectivity index (χ0v) is 9.13. The lowest BCUT2D eigenvalue weighted by Gasteiger charge is -2.00. The number of aromatic nitrogens is 2. The fourth-order valence-corrected chi connectivity index (χ4v) is 1.88. The van der Waals surface area contributed by atoms with Crippen LogP contribution in [0.1, 0.15) is 30.0 Å². The third-order valence-corrected chi connectivity index (χ3v) is 3.04. The predicted octanol–water partition coefficient (Wildman–Crippen LogP) is 3.40. The standard InChI is InChI=1S/C13H13FN2/c1-8-6-10(4-5-11(8)14)13-15-7-12(16-13)9-2-3-9/h4-7,9H,2-3H2,1H3,(H,15,16). The van der Waals surface area contributed by atoms with Crippen molar-refractivity contribution in [1.82, 2.24) is 9.97 Å². The van der Waals surface area contributed by atoms with Crippen LogP contribution < -0.4 is 0 Å². The van der Waals surface area contributed by atoms with Crippen LogP contribution in [0.2, 0.25) is 0 Å². The molecule has 0 unspecified atom stereocenters. The Morgan fingerprint density at radius 2 is 2.19 bits per heavy atom. The maximum Gasteiger partial charge on any atom is 0.137 e. The van der Waals surface area contributed by atoms with Crippen LogP contribution in [-0.2, 0) is 0 Å². The first-order chi connectivity index (χ1) is 7.74. The minimum absolute atomic E-state index is 0.169. The lowest BCUT2D eigenvalue weighted by atomic mass is 10.1. The summed E-state index contributed by atoms with van der Waals surface area (Å²) in [5, 5.41) is 0. The van der Waals surface area contributed by atoms with Gasteiger partial charge in [-0.15, -0.1) is 0 Å². The van der Waals surface area contributed by atoms with E-state index in [1.165, 1.54) is 24.6 Å². The van der Waals surface area contributed by atoms with Gasteiger partial charge in [-0.3, -0.25) is 0 Å². The fraction of sp³-hybridized carbons (Fsp3) is 0.308. The highest BCUT2D eigenvalue weighted by atomic mass is 19.1. The van der Waals surface area contributed by atoms with Gasteiger partial charge in [0.2, 0.25) is 0 Å². The highest BCUT2D eigenvalue weighted by Gasteiger charge is 2.25. The summed E-state index contributed by atoms with van der Waals surface area (Å²) >= 11 is 0. The summed E-state index contributed by atoms with van der Waals surface area (Å²) in [6.07, 6.45) is 4.40. The number of aryl methyl sites for hydroxylation is 1. The molecule has 1 aromatic heterocycles. The second-order valence-corrected chi connectivity index (χ2v) is 4.43. The number of aromatic amines is 1. The number of halogens is 1. The Morgan fingerprint density at radius 3 is 2.88 bits per heavy atom. The molecule has 1 aromatic carbocycles. The smallest absolute Gasteiger partial charge is 0.137 e. The van der Waals surface area contributed by atoms with Crippen molar-refractivity contribution in [2.45, 2.75) is 25.7 Å². The number of hydrogen-bond acceptors (Lipinski definition) is 1. The largest absolute Gasteiger partial charge is 0.342 e. The minimum atomic E-state index is -0.169. The number of nitrogens with one attached hydrogen (secondary N) is 1. The lowest BCUT2D eigenvalue weighted by Crippen LogP contribution is -1.86. The Balaban J connectivity index is 1.97. The van der Waals surface area contributed by atoms with Crippen LogP contribution in [-0.4, -0.2) is 9.97 Å². The zero-order valence-electron chi connectivity index (χ0n) is 9.13. The highest BCUT2D eigenvalue weighted by molar-refractivity contribution is 5.56. The molecule has 3 rings (SSSR count). The molecular weight excluding hydrogens is 203 g/mol. The van der Waals surface area contributed by atoms with Crippen LogP contribution in [0.3, 0.4) is 0 Å². The van der Waals surface area contributed by atoms with Crippen LogP contribution in [0.4, 0.5) is 4.39 Å². The molecule has 0 spiro atoms. The number of imidazole rings is 1. The second-order valence-electron chi connectivity index (χ2n) is 4.43. The normalized spacial score (nSPS) is 15.4. The zero-order chi connectivity index (χ0) is 11.1. The molecule has 0 atom stereocenters. The third kappa shape index (κ3) is 1.62. The summed E-state index contributed by atoms with van der Waals surface area (Å²) in [4.78, 5) is 7.64. The molecule has 1 heterocycles. The van der Waals surface area contributed by atoms with Gasteiger partial charge in [0.05, 0.1) is 0 Å². The minimum Gasteiger partial charge on any atom is -0.342 e. The molecular formula is C13H13FN2. The number of nitrogens with zero attached hydrogens (tertiary/aromatic N) is 1. The highest BCUT2D eigenvalue weighted by Crippen LogP contribution is 2.39. The Hall–Kier alpha value is -1.64. The van der Waals surface area contributed by atoms with Gasteiger partial charge in [0.25, 0.3) is 0 Å². The number of benzene rings is 1. The van der Waals surface area contributed by atoms with Crippen molar-refractivity contribution in [3.63, 3.8) is 0 Å². The Morgan fingerprint density at radius 1 is 1.38 bits per heavy atom. The van der Waals surface area contributed by atoms with E-state index in [4.69, 9.17) is 0 Å². The predicted molar refractivity (Wildman–Crippen MR) is 60.7 cm³/mol. The molecule has 1 aliphatic carbocycles. The van der Waals surface area contributed by atoms with Crippen molar-refractivity contribution in [3.8, 4) is 11.4 Å². The average molecular weight is 216 g/mol. The van der Waals surface area contributed by atoms with E-state index < -0.39 is 0 Å². The van der Waals surface area contributed by atoms with Crippen LogP contribution >= 0.6 is 0 Å². The van der Waals surface area contributed by atoms with E-state index in [1.807, 2.05) is 12.3 Å². The molecule has 2 nitrogen and oxygen atoms in total. The SMILES string of the molecule is Cc1cc(-c2ncc(C3CC3)[nH]2)ccc1F. The molecule has 0 amide bonds. The van der Waals surface area contributed by atoms with Gasteiger partial charge in [0, 0.05) is 23.4 Å². The molecule has 3 heteroatoms. The van der Waals surface area contributed by atoms with Crippen molar-refractivity contribution in [1.29, 1.82) is 0 Å². The van der Waals surface area contributed by atoms with E-state index in [9.17, 15) is 4.39 Å². The maximum atomic E-state index is 13.1. The summed E-state index contributed by atoms with van der Waals surface area (Å²) in [7, 11) is 0. The Bertz CT molecular complexity index is 526. The van der Waals surface area contributed by atoms with Gasteiger partial charge < -0.3 is 4.98 Å². The first-order valence-corrected chi connectivity index (χ1v) is 5.55. The molecule has 1 fully saturated rings. The van der Waals surface area contributed by atoms with Crippen LogP contribution in [0.5, 0.6) is 0 Å². The van der Waals surface area contributed by atoms with Crippen molar-refractivity contribution in [3.05, 3.63) is 41.5 Å². The quantitative estimate of drug-likeness (QED) is 0.818. The first-order valence-electron chi connectivity index (χ1n) is 5.55.